The largest absolute Gasteiger partial charge is 0.420 e. The minimum atomic E-state index is -0.555. The number of oxazole rings is 1. The second-order valence-corrected chi connectivity index (χ2v) is 6.36. The number of hydrogen-bond donors (Lipinski definition) is 3. The zero-order valence-electron chi connectivity index (χ0n) is 15.9. The molecule has 4 aromatic rings. The molecule has 0 bridgehead atoms. The van der Waals surface area contributed by atoms with Crippen molar-refractivity contribution in [3.8, 4) is 0 Å². The lowest BCUT2D eigenvalue weighted by Gasteiger charge is -2.08. The number of benzene rings is 1. The molecule has 0 unspecified atom stereocenters. The van der Waals surface area contributed by atoms with Crippen molar-refractivity contribution in [1.29, 1.82) is 0 Å². The minimum Gasteiger partial charge on any atom is -0.408 e. The van der Waals surface area contributed by atoms with Gasteiger partial charge in [0.25, 0.3) is 0 Å². The van der Waals surface area contributed by atoms with E-state index in [-0.39, 0.29) is 12.5 Å². The van der Waals surface area contributed by atoms with Gasteiger partial charge in [0.2, 0.25) is 5.91 Å². The first-order chi connectivity index (χ1) is 14.7. The van der Waals surface area contributed by atoms with E-state index in [2.05, 4.69) is 31.1 Å². The van der Waals surface area contributed by atoms with Crippen molar-refractivity contribution in [2.24, 2.45) is 0 Å². The molecular formula is C20H19N7O3. The number of carbonyl (C=O) groups is 1. The van der Waals surface area contributed by atoms with Gasteiger partial charge in [0.15, 0.2) is 11.4 Å². The molecule has 0 fully saturated rings. The molecule has 4 rings (SSSR count). The summed E-state index contributed by atoms with van der Waals surface area (Å²) < 4.78 is 6.43. The zero-order valence-corrected chi connectivity index (χ0v) is 15.9. The van der Waals surface area contributed by atoms with Crippen LogP contribution in [-0.4, -0.2) is 38.7 Å². The highest BCUT2D eigenvalue weighted by Crippen LogP contribution is 2.13. The van der Waals surface area contributed by atoms with Crippen LogP contribution >= 0.6 is 0 Å². The number of pyridine rings is 1. The topological polar surface area (TPSA) is 127 Å². The van der Waals surface area contributed by atoms with E-state index in [0.717, 1.165) is 5.69 Å². The molecular weight excluding hydrogens is 386 g/mol. The maximum atomic E-state index is 12.2. The predicted molar refractivity (Wildman–Crippen MR) is 112 cm³/mol. The van der Waals surface area contributed by atoms with Crippen LogP contribution in [0.4, 0.5) is 17.3 Å². The fourth-order valence-electron chi connectivity index (χ4n) is 2.83. The fraction of sp³-hybridized carbons (Fsp3) is 0.150. The maximum Gasteiger partial charge on any atom is 0.420 e. The van der Waals surface area contributed by atoms with Crippen LogP contribution in [0.25, 0.3) is 11.1 Å². The Morgan fingerprint density at radius 1 is 0.967 bits per heavy atom. The van der Waals surface area contributed by atoms with E-state index in [1.54, 1.807) is 48.8 Å². The minimum absolute atomic E-state index is 0.106. The van der Waals surface area contributed by atoms with Crippen molar-refractivity contribution >= 4 is 34.3 Å². The van der Waals surface area contributed by atoms with E-state index in [4.69, 9.17) is 4.42 Å². The summed E-state index contributed by atoms with van der Waals surface area (Å²) in [6.07, 6.45) is 3.37. The van der Waals surface area contributed by atoms with Crippen LogP contribution in [0.5, 0.6) is 0 Å². The highest BCUT2D eigenvalue weighted by Gasteiger charge is 2.11. The number of aromatic nitrogens is 4. The molecule has 10 nitrogen and oxygen atoms in total. The Morgan fingerprint density at radius 3 is 2.53 bits per heavy atom. The van der Waals surface area contributed by atoms with Crippen LogP contribution in [0.15, 0.2) is 70.1 Å². The van der Waals surface area contributed by atoms with E-state index < -0.39 is 5.76 Å². The van der Waals surface area contributed by atoms with Crippen LogP contribution in [0.3, 0.4) is 0 Å². The molecule has 3 aromatic heterocycles. The average molecular weight is 405 g/mol. The number of rotatable bonds is 8. The van der Waals surface area contributed by atoms with Crippen molar-refractivity contribution in [2.75, 3.05) is 23.7 Å². The molecule has 0 aliphatic carbocycles. The molecule has 30 heavy (non-hydrogen) atoms. The number of nitrogens with one attached hydrogen (secondary N) is 3. The first-order valence-corrected chi connectivity index (χ1v) is 9.29. The maximum absolute atomic E-state index is 12.2. The third kappa shape index (κ3) is 4.61. The zero-order chi connectivity index (χ0) is 20.8. The number of nitrogens with zero attached hydrogens (tertiary/aromatic N) is 4. The third-order valence-electron chi connectivity index (χ3n) is 4.25. The van der Waals surface area contributed by atoms with Crippen LogP contribution in [0.1, 0.15) is 0 Å². The van der Waals surface area contributed by atoms with Gasteiger partial charge < -0.3 is 20.4 Å². The number of amides is 1. The molecule has 10 heteroatoms. The number of carbonyl (C=O) groups excluding carboxylic acids is 1. The van der Waals surface area contributed by atoms with E-state index in [1.165, 1.54) is 4.57 Å². The van der Waals surface area contributed by atoms with Gasteiger partial charge in [-0.05, 0) is 36.4 Å². The fourth-order valence-corrected chi connectivity index (χ4v) is 2.83. The van der Waals surface area contributed by atoms with Crippen molar-refractivity contribution in [3.05, 3.63) is 71.5 Å². The van der Waals surface area contributed by atoms with Gasteiger partial charge in [-0.1, -0.05) is 12.1 Å². The quantitative estimate of drug-likeness (QED) is 0.379. The molecule has 1 amide bonds. The Morgan fingerprint density at radius 2 is 1.73 bits per heavy atom. The Labute approximate surface area is 171 Å². The van der Waals surface area contributed by atoms with Crippen molar-refractivity contribution < 1.29 is 9.21 Å². The van der Waals surface area contributed by atoms with Crippen LogP contribution < -0.4 is 21.7 Å². The number of anilines is 3. The molecule has 1 aromatic carbocycles. The highest BCUT2D eigenvalue weighted by atomic mass is 16.4. The Bertz CT molecular complexity index is 1190. The Hall–Kier alpha value is -4.21. The molecule has 3 heterocycles. The van der Waals surface area contributed by atoms with Crippen LogP contribution in [0, 0.1) is 0 Å². The predicted octanol–water partition coefficient (Wildman–Crippen LogP) is 1.75. The summed E-state index contributed by atoms with van der Waals surface area (Å²) in [7, 11) is 0. The van der Waals surface area contributed by atoms with E-state index >= 15 is 0 Å². The molecule has 3 N–H and O–H groups in total. The molecule has 0 radical (unpaired) electrons. The van der Waals surface area contributed by atoms with Gasteiger partial charge in [-0.3, -0.25) is 14.3 Å². The Kier molecular flexibility index (Phi) is 5.65. The standard InChI is InChI=1S/C20H19N7O3/c28-19(13-27-15-3-1-2-4-16(15)30-20(27)29)23-12-11-22-17-5-6-18(26-25-17)24-14-7-9-21-10-8-14/h1-10H,11-13H2,(H,22,25)(H,23,28)(H,21,24,26). The molecule has 0 saturated carbocycles. The first-order valence-electron chi connectivity index (χ1n) is 9.29. The van der Waals surface area contributed by atoms with Gasteiger partial charge >= 0.3 is 5.76 Å². The second-order valence-electron chi connectivity index (χ2n) is 6.36. The molecule has 0 atom stereocenters. The van der Waals surface area contributed by atoms with Gasteiger partial charge in [-0.25, -0.2) is 4.79 Å². The summed E-state index contributed by atoms with van der Waals surface area (Å²) in [6, 6.07) is 14.2. The lowest BCUT2D eigenvalue weighted by molar-refractivity contribution is -0.121. The average Bonchev–Trinajstić information content (AvgIpc) is 3.08. The summed E-state index contributed by atoms with van der Waals surface area (Å²) in [6.45, 7) is 0.714. The highest BCUT2D eigenvalue weighted by molar-refractivity contribution is 5.79. The van der Waals surface area contributed by atoms with Gasteiger partial charge in [0.05, 0.1) is 5.52 Å². The monoisotopic (exact) mass is 405 g/mol. The first kappa shape index (κ1) is 19.1. The summed E-state index contributed by atoms with van der Waals surface area (Å²) in [4.78, 5) is 28.0. The van der Waals surface area contributed by atoms with Crippen molar-refractivity contribution in [3.63, 3.8) is 0 Å². The van der Waals surface area contributed by atoms with Gasteiger partial charge in [0, 0.05) is 31.2 Å². The summed E-state index contributed by atoms with van der Waals surface area (Å²) in [5.74, 6) is 0.355. The summed E-state index contributed by atoms with van der Waals surface area (Å²) in [5.41, 5.74) is 1.91. The number of fused-ring (bicyclic) bond motifs is 1. The lowest BCUT2D eigenvalue weighted by Crippen LogP contribution is -2.33. The van der Waals surface area contributed by atoms with E-state index in [9.17, 15) is 9.59 Å². The van der Waals surface area contributed by atoms with Crippen molar-refractivity contribution in [1.82, 2.24) is 25.1 Å². The van der Waals surface area contributed by atoms with Gasteiger partial charge in [-0.15, -0.1) is 10.2 Å². The molecule has 0 aliphatic heterocycles. The normalized spacial score (nSPS) is 10.7. The van der Waals surface area contributed by atoms with Crippen molar-refractivity contribution in [2.45, 2.75) is 6.54 Å². The molecule has 152 valence electrons. The smallest absolute Gasteiger partial charge is 0.408 e. The summed E-state index contributed by atoms with van der Waals surface area (Å²) >= 11 is 0. The van der Waals surface area contributed by atoms with Gasteiger partial charge in [0.1, 0.15) is 12.4 Å². The van der Waals surface area contributed by atoms with E-state index in [1.807, 2.05) is 12.1 Å². The van der Waals surface area contributed by atoms with E-state index in [0.29, 0.717) is 35.8 Å². The van der Waals surface area contributed by atoms with Crippen LogP contribution in [0.2, 0.25) is 0 Å². The SMILES string of the molecule is O=C(Cn1c(=O)oc2ccccc21)NCCNc1ccc(Nc2ccncc2)nn1. The molecule has 0 aliphatic rings. The summed E-state index contributed by atoms with van der Waals surface area (Å²) in [5, 5.41) is 17.1. The Balaban J connectivity index is 1.23. The van der Waals surface area contributed by atoms with Gasteiger partial charge in [-0.2, -0.15) is 0 Å². The third-order valence-corrected chi connectivity index (χ3v) is 4.25. The number of hydrogen-bond acceptors (Lipinski definition) is 8. The van der Waals surface area contributed by atoms with Crippen LogP contribution in [-0.2, 0) is 11.3 Å². The lowest BCUT2D eigenvalue weighted by atomic mass is 10.3. The molecule has 0 saturated heterocycles. The number of para-hydroxylation sites is 2. The molecule has 0 spiro atoms. The second kappa shape index (κ2) is 8.86.